The molecular weight excluding hydrogens is 426 g/mol. The number of aliphatic carboxylic acids is 1. The zero-order chi connectivity index (χ0) is 26.1. The molecule has 192 valence electrons. The quantitative estimate of drug-likeness (QED) is 0.166. The van der Waals surface area contributed by atoms with Gasteiger partial charge in [-0.25, -0.2) is 0 Å². The van der Waals surface area contributed by atoms with Crippen molar-refractivity contribution in [3.63, 3.8) is 0 Å². The third-order valence-electron chi connectivity index (χ3n) is 3.38. The molecule has 0 aromatic carbocycles. The van der Waals surface area contributed by atoms with Crippen molar-refractivity contribution in [2.45, 2.75) is 18.6 Å². The van der Waals surface area contributed by atoms with Gasteiger partial charge in [0.1, 0.15) is 25.3 Å². The van der Waals surface area contributed by atoms with Crippen molar-refractivity contribution >= 4 is 17.8 Å². The highest BCUT2D eigenvalue weighted by Crippen LogP contribution is 1.98. The largest absolute Gasteiger partial charge is 0.481 e. The monoisotopic (exact) mass is 471 g/mol. The Morgan fingerprint density at radius 3 is 1.62 bits per heavy atom. The molecule has 13 heteroatoms. The molecule has 0 radical (unpaired) electrons. The van der Waals surface area contributed by atoms with Crippen molar-refractivity contribution in [3.8, 4) is 0 Å². The summed E-state index contributed by atoms with van der Waals surface area (Å²) in [6.07, 6.45) is -1.87. The number of carboxylic acid groups (broad SMARTS) is 1. The molecule has 32 heavy (non-hydrogen) atoms. The number of guanidine groups is 1. The van der Waals surface area contributed by atoms with Crippen molar-refractivity contribution in [2.24, 2.45) is 0 Å². The minimum Gasteiger partial charge on any atom is -0.481 e. The van der Waals surface area contributed by atoms with Crippen LogP contribution in [0.3, 0.4) is 0 Å². The van der Waals surface area contributed by atoms with Gasteiger partial charge in [-0.3, -0.25) is 20.3 Å². The molecule has 1 aliphatic rings. The van der Waals surface area contributed by atoms with Crippen LogP contribution in [0.1, 0.15) is 6.42 Å². The second-order valence-corrected chi connectivity index (χ2v) is 9.23. The molecule has 0 aromatic rings. The second-order valence-electron chi connectivity index (χ2n) is 9.23. The highest BCUT2D eigenvalue weighted by molar-refractivity contribution is 6.02. The first-order chi connectivity index (χ1) is 14.4. The van der Waals surface area contributed by atoms with E-state index in [4.69, 9.17) is 36.0 Å². The summed E-state index contributed by atoms with van der Waals surface area (Å²) < 4.78 is 1.42. The lowest BCUT2D eigenvalue weighted by atomic mass is 10.2. The third-order valence-corrected chi connectivity index (χ3v) is 3.38. The van der Waals surface area contributed by atoms with E-state index >= 15 is 0 Å². The Hall–Kier alpha value is -1.87. The van der Waals surface area contributed by atoms with Crippen LogP contribution in [-0.2, 0) is 9.59 Å². The number of aliphatic hydroxyl groups excluding tert-OH is 5. The van der Waals surface area contributed by atoms with Crippen LogP contribution in [0.15, 0.2) is 0 Å². The van der Waals surface area contributed by atoms with Crippen molar-refractivity contribution in [2.75, 3.05) is 88.8 Å². The molecule has 0 aliphatic carbocycles. The van der Waals surface area contributed by atoms with Crippen LogP contribution in [0.5, 0.6) is 0 Å². The lowest BCUT2D eigenvalue weighted by molar-refractivity contribution is -0.873. The van der Waals surface area contributed by atoms with E-state index < -0.39 is 18.2 Å². The molecule has 1 unspecified atom stereocenters. The molecule has 1 fully saturated rings. The summed E-state index contributed by atoms with van der Waals surface area (Å²) in [5, 5.41) is 59.2. The lowest BCUT2D eigenvalue weighted by Gasteiger charge is -2.25. The van der Waals surface area contributed by atoms with Crippen LogP contribution in [-0.4, -0.2) is 163 Å². The number of carbonyl (C=O) groups excluding carboxylic acids is 1. The zero-order valence-electron chi connectivity index (χ0n) is 20.4. The predicted molar refractivity (Wildman–Crippen MR) is 120 cm³/mol. The van der Waals surface area contributed by atoms with Crippen LogP contribution in [0.2, 0.25) is 0 Å². The molecular formula is C19H45N5O8+2. The van der Waals surface area contributed by atoms with Crippen molar-refractivity contribution in [1.29, 1.82) is 5.41 Å². The van der Waals surface area contributed by atoms with Crippen molar-refractivity contribution in [3.05, 3.63) is 0 Å². The number of nitrogens with one attached hydrogen (secondary N) is 2. The van der Waals surface area contributed by atoms with Gasteiger partial charge in [-0.2, -0.15) is 0 Å². The molecule has 0 saturated carbocycles. The van der Waals surface area contributed by atoms with Gasteiger partial charge in [-0.1, -0.05) is 0 Å². The van der Waals surface area contributed by atoms with Gasteiger partial charge in [-0.15, -0.1) is 0 Å². The summed E-state index contributed by atoms with van der Waals surface area (Å²) in [5.74, 6) is -0.863. The number of nitrogens with zero attached hydrogens (tertiary/aromatic N) is 3. The summed E-state index contributed by atoms with van der Waals surface area (Å²) in [6.45, 7) is 1.17. The Bertz CT molecular complexity index is 531. The molecule has 1 amide bonds. The van der Waals surface area contributed by atoms with Crippen LogP contribution in [0, 0.1) is 5.41 Å². The second kappa shape index (κ2) is 17.7. The van der Waals surface area contributed by atoms with Gasteiger partial charge in [0, 0.05) is 7.05 Å². The number of amides is 1. The molecule has 13 nitrogen and oxygen atoms in total. The highest BCUT2D eigenvalue weighted by Gasteiger charge is 2.18. The van der Waals surface area contributed by atoms with E-state index in [2.05, 4.69) is 26.5 Å². The van der Waals surface area contributed by atoms with E-state index in [1.165, 1.54) is 0 Å². The minimum atomic E-state index is -0.954. The van der Waals surface area contributed by atoms with E-state index in [0.29, 0.717) is 17.6 Å². The minimum absolute atomic E-state index is 0.0995. The SMILES string of the molecule is CN1CC(=O)NC1=N.C[N+](C)(C)CC(O)CC(=O)O.C[N+](C)(C)CCO.OCC(O)CO. The fourth-order valence-corrected chi connectivity index (χ4v) is 1.82. The Morgan fingerprint density at radius 2 is 1.50 bits per heavy atom. The third kappa shape index (κ3) is 28.1. The molecule has 8 N–H and O–H groups in total. The average Bonchev–Trinajstić information content (AvgIpc) is 2.88. The van der Waals surface area contributed by atoms with Gasteiger partial charge >= 0.3 is 5.97 Å². The fourth-order valence-electron chi connectivity index (χ4n) is 1.82. The van der Waals surface area contributed by atoms with E-state index in [1.807, 2.05) is 21.1 Å². The molecule has 1 saturated heterocycles. The molecule has 1 rings (SSSR count). The Morgan fingerprint density at radius 1 is 1.03 bits per heavy atom. The molecule has 0 aromatic heterocycles. The van der Waals surface area contributed by atoms with Gasteiger partial charge in [0.25, 0.3) is 0 Å². The Labute approximate surface area is 190 Å². The number of quaternary nitrogens is 2. The first-order valence-electron chi connectivity index (χ1n) is 9.99. The van der Waals surface area contributed by atoms with E-state index in [0.717, 1.165) is 11.0 Å². The Kier molecular flexibility index (Phi) is 19.2. The van der Waals surface area contributed by atoms with Gasteiger partial charge < -0.3 is 44.5 Å². The topological polar surface area (TPSA) is 195 Å². The molecule has 0 bridgehead atoms. The first kappa shape index (κ1) is 34.7. The first-order valence-corrected chi connectivity index (χ1v) is 9.99. The maximum absolute atomic E-state index is 10.4. The predicted octanol–water partition coefficient (Wildman–Crippen LogP) is -3.47. The highest BCUT2D eigenvalue weighted by atomic mass is 16.4. The molecule has 1 aliphatic heterocycles. The van der Waals surface area contributed by atoms with Gasteiger partial charge in [0.2, 0.25) is 5.91 Å². The van der Waals surface area contributed by atoms with E-state index in [9.17, 15) is 9.59 Å². The van der Waals surface area contributed by atoms with Crippen LogP contribution in [0.4, 0.5) is 0 Å². The van der Waals surface area contributed by atoms with Crippen molar-refractivity contribution in [1.82, 2.24) is 10.2 Å². The molecule has 0 spiro atoms. The number of hydrogen-bond acceptors (Lipinski definition) is 8. The standard InChI is InChI=1S/C7H15NO3.C5H14NO.C4H7N3O.C3H8O3/c1-8(2,3)5-6(9)4-7(10)11;1-6(2,3)4-5-7;1-7-2-3(8)6-4(7)5;4-1-3(6)2-5/h6,9H,4-5H2,1-3H3;7H,4-5H2,1-3H3;2H2,1H3,(H2,5,6,8);3-6H,1-2H2/q;+1;;/p+1. The Balaban J connectivity index is -0.000000360. The fraction of sp³-hybridized carbons (Fsp3) is 0.842. The number of aliphatic hydroxyl groups is 5. The number of hydrogen-bond donors (Lipinski definition) is 8. The molecule has 1 atom stereocenters. The normalized spacial score (nSPS) is 14.3. The zero-order valence-corrected chi connectivity index (χ0v) is 20.4. The summed E-state index contributed by atoms with van der Waals surface area (Å²) in [7, 11) is 13.6. The average molecular weight is 472 g/mol. The van der Waals surface area contributed by atoms with E-state index in [-0.39, 0.29) is 38.1 Å². The summed E-state index contributed by atoms with van der Waals surface area (Å²) in [6, 6.07) is 0. The summed E-state index contributed by atoms with van der Waals surface area (Å²) >= 11 is 0. The smallest absolute Gasteiger partial charge is 0.306 e. The van der Waals surface area contributed by atoms with Crippen LogP contribution in [0.25, 0.3) is 0 Å². The number of carbonyl (C=O) groups is 2. The maximum atomic E-state index is 10.4. The summed E-state index contributed by atoms with van der Waals surface area (Å²) in [5.41, 5.74) is 0. The van der Waals surface area contributed by atoms with Crippen LogP contribution < -0.4 is 5.32 Å². The van der Waals surface area contributed by atoms with Crippen molar-refractivity contribution < 1.29 is 49.2 Å². The molecule has 1 heterocycles. The number of likely N-dealkylation sites (N-methyl/N-ethyl adjacent to an activating group) is 3. The number of rotatable bonds is 8. The van der Waals surface area contributed by atoms with Gasteiger partial charge in [0.15, 0.2) is 5.96 Å². The van der Waals surface area contributed by atoms with E-state index in [1.54, 1.807) is 11.9 Å². The maximum Gasteiger partial charge on any atom is 0.306 e. The van der Waals surface area contributed by atoms with Crippen LogP contribution >= 0.6 is 0 Å². The van der Waals surface area contributed by atoms with Gasteiger partial charge in [-0.05, 0) is 0 Å². The summed E-state index contributed by atoms with van der Waals surface area (Å²) in [4.78, 5) is 22.0. The number of carboxylic acids is 1. The van der Waals surface area contributed by atoms with Gasteiger partial charge in [0.05, 0.1) is 75.1 Å². The lowest BCUT2D eigenvalue weighted by Crippen LogP contribution is -2.42.